The predicted molar refractivity (Wildman–Crippen MR) is 81.7 cm³/mol. The van der Waals surface area contributed by atoms with Crippen molar-refractivity contribution < 1.29 is 18.7 Å². The topological polar surface area (TPSA) is 131 Å². The van der Waals surface area contributed by atoms with Gasteiger partial charge in [0.25, 0.3) is 0 Å². The Labute approximate surface area is 126 Å². The number of carboxylic acid groups (broad SMARTS) is 1. The number of fused-ring (bicyclic) bond motifs is 1. The lowest BCUT2D eigenvalue weighted by Crippen LogP contribution is -2.01. The van der Waals surface area contributed by atoms with Crippen LogP contribution in [0, 0.1) is 0 Å². The quantitative estimate of drug-likeness (QED) is 0.618. The Morgan fingerprint density at radius 1 is 1.32 bits per heavy atom. The van der Waals surface area contributed by atoms with E-state index in [1.165, 1.54) is 12.3 Å². The maximum Gasteiger partial charge on any atom is 0.418 e. The molecule has 0 aliphatic heterocycles. The van der Waals surface area contributed by atoms with Crippen LogP contribution in [0.2, 0.25) is 0 Å². The monoisotopic (exact) mass is 319 g/mol. The highest BCUT2D eigenvalue weighted by Crippen LogP contribution is 2.25. The van der Waals surface area contributed by atoms with Gasteiger partial charge in [-0.2, -0.15) is 9.31 Å². The van der Waals surface area contributed by atoms with Gasteiger partial charge in [-0.25, -0.2) is 14.5 Å². The molecule has 1 atom stereocenters. The third kappa shape index (κ3) is 2.67. The summed E-state index contributed by atoms with van der Waals surface area (Å²) in [5.74, 6) is -1.06. The molecule has 0 saturated heterocycles. The number of aromatic nitrogens is 3. The van der Waals surface area contributed by atoms with E-state index in [0.717, 1.165) is 0 Å². The van der Waals surface area contributed by atoms with Gasteiger partial charge in [0.2, 0.25) is 0 Å². The van der Waals surface area contributed by atoms with Crippen molar-refractivity contribution in [1.82, 2.24) is 15.2 Å². The van der Waals surface area contributed by atoms with Gasteiger partial charge < -0.3 is 9.66 Å². The van der Waals surface area contributed by atoms with Gasteiger partial charge in [0.05, 0.1) is 28.5 Å². The Morgan fingerprint density at radius 2 is 2.05 bits per heavy atom. The molecule has 0 radical (unpaired) electrons. The third-order valence-electron chi connectivity index (χ3n) is 3.04. The lowest BCUT2D eigenvalue weighted by molar-refractivity contribution is 0.0699. The van der Waals surface area contributed by atoms with Crippen molar-refractivity contribution in [2.45, 2.75) is 0 Å². The Kier molecular flexibility index (Phi) is 3.57. The number of hydrogen-bond donors (Lipinski definition) is 3. The van der Waals surface area contributed by atoms with Gasteiger partial charge in [0.1, 0.15) is 0 Å². The second-order valence-corrected chi connectivity index (χ2v) is 5.18. The number of rotatable bonds is 4. The van der Waals surface area contributed by atoms with Crippen LogP contribution in [0.25, 0.3) is 22.3 Å². The number of H-pyrrole nitrogens is 1. The van der Waals surface area contributed by atoms with Crippen LogP contribution in [-0.2, 0) is 11.3 Å². The van der Waals surface area contributed by atoms with Gasteiger partial charge in [-0.1, -0.05) is 12.1 Å². The molecule has 0 bridgehead atoms. The highest BCUT2D eigenvalue weighted by Gasteiger charge is 2.14. The van der Waals surface area contributed by atoms with E-state index in [1.54, 1.807) is 24.3 Å². The molecule has 2 heterocycles. The van der Waals surface area contributed by atoms with Crippen LogP contribution in [0.4, 0.5) is 5.69 Å². The Bertz CT molecular complexity index is 875. The fourth-order valence-electron chi connectivity index (χ4n) is 2.07. The van der Waals surface area contributed by atoms with E-state index < -0.39 is 17.2 Å². The summed E-state index contributed by atoms with van der Waals surface area (Å²) in [4.78, 5) is 15.7. The number of aromatic amines is 1. The van der Waals surface area contributed by atoms with E-state index in [9.17, 15) is 14.1 Å². The van der Waals surface area contributed by atoms with Gasteiger partial charge in [-0.15, -0.1) is 0 Å². The van der Waals surface area contributed by atoms with Gasteiger partial charge in [0.15, 0.2) is 5.65 Å². The normalized spacial score (nSPS) is 12.2. The molecule has 112 valence electrons. The molecular formula is C13H11N4O4S+. The molecule has 0 aliphatic carbocycles. The zero-order valence-electron chi connectivity index (χ0n) is 11.0. The first-order valence-corrected chi connectivity index (χ1v) is 7.27. The molecule has 1 unspecified atom stereocenters. The summed E-state index contributed by atoms with van der Waals surface area (Å²) in [5, 5.41) is 16.2. The number of nitrogens with zero attached hydrogens (tertiary/aromatic N) is 2. The molecule has 3 rings (SSSR count). The molecule has 9 heteroatoms. The highest BCUT2D eigenvalue weighted by molar-refractivity contribution is 7.80. The van der Waals surface area contributed by atoms with Gasteiger partial charge in [-0.3, -0.25) is 5.10 Å². The largest absolute Gasteiger partial charge is 0.478 e. The van der Waals surface area contributed by atoms with Crippen molar-refractivity contribution in [2.75, 3.05) is 4.72 Å². The average molecular weight is 319 g/mol. The van der Waals surface area contributed by atoms with Crippen molar-refractivity contribution in [1.29, 1.82) is 0 Å². The number of carbonyl (C=O) groups is 1. The molecule has 0 fully saturated rings. The summed E-state index contributed by atoms with van der Waals surface area (Å²) in [6.07, 6.45) is 1.42. The standard InChI is InChI=1S/C13H10N4O4S/c18-13(19)9-5-11(15-12-10(9)6-14-16-12)7-1-3-8(4-2-7)17-22(20)21/h1-6,17H,(H,18,19)(H,20,21)(H,14,15,16)/p+1. The number of hydrogen-bond acceptors (Lipinski definition) is 4. The summed E-state index contributed by atoms with van der Waals surface area (Å²) in [5.41, 5.74) is 2.21. The second-order valence-electron chi connectivity index (χ2n) is 4.44. The average Bonchev–Trinajstić information content (AvgIpc) is 2.94. The summed E-state index contributed by atoms with van der Waals surface area (Å²) >= 11 is -1.90. The van der Waals surface area contributed by atoms with Crippen LogP contribution in [-0.4, -0.2) is 35.0 Å². The fraction of sp³-hybridized carbons (Fsp3) is 0. The first-order chi connectivity index (χ1) is 10.5. The molecule has 3 aromatic rings. The van der Waals surface area contributed by atoms with E-state index in [4.69, 9.17) is 4.55 Å². The van der Waals surface area contributed by atoms with Crippen molar-refractivity contribution in [2.24, 2.45) is 0 Å². The number of benzene rings is 1. The molecule has 0 aliphatic rings. The number of nitrogens with one attached hydrogen (secondary N) is 2. The lowest BCUT2D eigenvalue weighted by atomic mass is 10.1. The van der Waals surface area contributed by atoms with E-state index in [-0.39, 0.29) is 5.56 Å². The molecule has 1 aromatic carbocycles. The summed E-state index contributed by atoms with van der Waals surface area (Å²) in [7, 11) is 0. The molecular weight excluding hydrogens is 308 g/mol. The molecule has 0 amide bonds. The minimum absolute atomic E-state index is 0.114. The van der Waals surface area contributed by atoms with E-state index in [2.05, 4.69) is 19.9 Å². The first kappa shape index (κ1) is 14.2. The van der Waals surface area contributed by atoms with Crippen LogP contribution in [0.15, 0.2) is 36.5 Å². The smallest absolute Gasteiger partial charge is 0.418 e. The Hall–Kier alpha value is -2.78. The van der Waals surface area contributed by atoms with Crippen LogP contribution >= 0.6 is 0 Å². The molecule has 5 N–H and O–H groups in total. The fourth-order valence-corrected chi connectivity index (χ4v) is 2.42. The third-order valence-corrected chi connectivity index (χ3v) is 3.47. The highest BCUT2D eigenvalue weighted by atomic mass is 32.2. The van der Waals surface area contributed by atoms with Crippen LogP contribution in [0.1, 0.15) is 10.4 Å². The SMILES string of the molecule is O=C(O)c1cc(-c2ccc(NS(=O)[OH2+])cc2)nc2[nH]ncc12. The summed E-state index contributed by atoms with van der Waals surface area (Å²) in [6, 6.07) is 8.16. The van der Waals surface area contributed by atoms with E-state index in [1.807, 2.05) is 0 Å². The summed E-state index contributed by atoms with van der Waals surface area (Å²) in [6.45, 7) is 0. The number of anilines is 1. The Balaban J connectivity index is 2.06. The van der Waals surface area contributed by atoms with Crippen molar-refractivity contribution in [3.63, 3.8) is 0 Å². The van der Waals surface area contributed by atoms with Crippen molar-refractivity contribution >= 4 is 34.0 Å². The zero-order chi connectivity index (χ0) is 15.7. The first-order valence-electron chi connectivity index (χ1n) is 6.12. The number of pyridine rings is 1. The van der Waals surface area contributed by atoms with Crippen molar-refractivity contribution in [3.8, 4) is 11.3 Å². The minimum Gasteiger partial charge on any atom is -0.478 e. The molecule has 0 saturated carbocycles. The van der Waals surface area contributed by atoms with Gasteiger partial charge >= 0.3 is 17.2 Å². The summed E-state index contributed by atoms with van der Waals surface area (Å²) < 4.78 is 20.2. The van der Waals surface area contributed by atoms with Crippen molar-refractivity contribution in [3.05, 3.63) is 42.1 Å². The maximum absolute atomic E-state index is 11.3. The molecule has 2 aromatic heterocycles. The minimum atomic E-state index is -1.90. The Morgan fingerprint density at radius 3 is 2.68 bits per heavy atom. The van der Waals surface area contributed by atoms with Crippen LogP contribution < -0.4 is 4.72 Å². The second kappa shape index (κ2) is 5.54. The number of carboxylic acids is 1. The molecule has 8 nitrogen and oxygen atoms in total. The zero-order valence-corrected chi connectivity index (χ0v) is 11.8. The predicted octanol–water partition coefficient (Wildman–Crippen LogP) is 1.04. The molecule has 0 spiro atoms. The van der Waals surface area contributed by atoms with Crippen LogP contribution in [0.5, 0.6) is 0 Å². The van der Waals surface area contributed by atoms with E-state index in [0.29, 0.717) is 28.0 Å². The number of aromatic carboxylic acids is 1. The maximum atomic E-state index is 11.3. The van der Waals surface area contributed by atoms with Crippen LogP contribution in [0.3, 0.4) is 0 Å². The lowest BCUT2D eigenvalue weighted by Gasteiger charge is -2.05. The van der Waals surface area contributed by atoms with E-state index >= 15 is 0 Å². The molecule has 22 heavy (non-hydrogen) atoms. The van der Waals surface area contributed by atoms with Gasteiger partial charge in [0, 0.05) is 5.56 Å². The van der Waals surface area contributed by atoms with Gasteiger partial charge in [-0.05, 0) is 18.2 Å².